The Hall–Kier alpha value is -1.43. The predicted molar refractivity (Wildman–Crippen MR) is 70.4 cm³/mol. The van der Waals surface area contributed by atoms with E-state index in [2.05, 4.69) is 5.32 Å². The van der Waals surface area contributed by atoms with Gasteiger partial charge in [0.05, 0.1) is 13.2 Å². The number of carbonyl (C=O) groups excluding carboxylic acids is 1. The van der Waals surface area contributed by atoms with Crippen LogP contribution in [0.2, 0.25) is 0 Å². The van der Waals surface area contributed by atoms with E-state index in [1.54, 1.807) is 7.11 Å². The van der Waals surface area contributed by atoms with Gasteiger partial charge >= 0.3 is 0 Å². The van der Waals surface area contributed by atoms with Crippen LogP contribution >= 0.6 is 0 Å². The second kappa shape index (κ2) is 7.81. The molecule has 1 rings (SSSR count). The van der Waals surface area contributed by atoms with E-state index >= 15 is 0 Å². The van der Waals surface area contributed by atoms with Crippen molar-refractivity contribution in [3.8, 4) is 0 Å². The summed E-state index contributed by atoms with van der Waals surface area (Å²) >= 11 is 0. The molecule has 0 saturated carbocycles. The number of rotatable bonds is 7. The minimum absolute atomic E-state index is 0.00729. The average Bonchev–Trinajstić information content (AvgIpc) is 2.35. The minimum atomic E-state index is -0.181. The molecular formula is C13H20N2O3. The molecule has 0 fully saturated rings. The van der Waals surface area contributed by atoms with E-state index in [9.17, 15) is 4.79 Å². The second-order valence-electron chi connectivity index (χ2n) is 4.00. The van der Waals surface area contributed by atoms with Crippen molar-refractivity contribution in [3.63, 3.8) is 0 Å². The zero-order valence-corrected chi connectivity index (χ0v) is 10.8. The highest BCUT2D eigenvalue weighted by Crippen LogP contribution is 2.13. The Morgan fingerprint density at radius 2 is 2.00 bits per heavy atom. The summed E-state index contributed by atoms with van der Waals surface area (Å²) in [5.41, 5.74) is 7.51. The summed E-state index contributed by atoms with van der Waals surface area (Å²) in [4.78, 5) is 11.5. The van der Waals surface area contributed by atoms with Crippen molar-refractivity contribution < 1.29 is 14.3 Å². The quantitative estimate of drug-likeness (QED) is 0.717. The Bertz CT molecular complexity index is 363. The van der Waals surface area contributed by atoms with E-state index in [0.717, 1.165) is 11.3 Å². The van der Waals surface area contributed by atoms with Crippen LogP contribution in [0.25, 0.3) is 0 Å². The number of ether oxygens (including phenoxy) is 2. The molecule has 0 aliphatic rings. The first-order valence-electron chi connectivity index (χ1n) is 5.85. The molecule has 18 heavy (non-hydrogen) atoms. The summed E-state index contributed by atoms with van der Waals surface area (Å²) in [6.07, 6.45) is 0. The van der Waals surface area contributed by atoms with E-state index in [1.807, 2.05) is 31.2 Å². The van der Waals surface area contributed by atoms with Gasteiger partial charge in [-0.3, -0.25) is 4.79 Å². The lowest BCUT2D eigenvalue weighted by Gasteiger charge is -2.08. The highest BCUT2D eigenvalue weighted by molar-refractivity contribution is 5.91. The molecule has 1 amide bonds. The topological polar surface area (TPSA) is 73.6 Å². The lowest BCUT2D eigenvalue weighted by atomic mass is 10.1. The van der Waals surface area contributed by atoms with Gasteiger partial charge in [-0.25, -0.2) is 0 Å². The predicted octanol–water partition coefficient (Wildman–Crippen LogP) is 1.31. The summed E-state index contributed by atoms with van der Waals surface area (Å²) in [6.45, 7) is 2.83. The first kappa shape index (κ1) is 14.6. The first-order valence-corrected chi connectivity index (χ1v) is 5.85. The van der Waals surface area contributed by atoms with Crippen LogP contribution in [0.4, 0.5) is 5.69 Å². The Balaban J connectivity index is 2.35. The largest absolute Gasteiger partial charge is 0.382 e. The van der Waals surface area contributed by atoms with Gasteiger partial charge < -0.3 is 20.5 Å². The molecule has 0 aromatic heterocycles. The second-order valence-corrected chi connectivity index (χ2v) is 4.00. The lowest BCUT2D eigenvalue weighted by Crippen LogP contribution is -2.19. The van der Waals surface area contributed by atoms with E-state index < -0.39 is 0 Å². The van der Waals surface area contributed by atoms with Crippen molar-refractivity contribution in [2.24, 2.45) is 5.73 Å². The van der Waals surface area contributed by atoms with Crippen LogP contribution in [0.15, 0.2) is 24.3 Å². The minimum Gasteiger partial charge on any atom is -0.382 e. The SMILES string of the molecule is COCCOCC(=O)Nc1ccc(C(C)N)cc1. The molecule has 5 nitrogen and oxygen atoms in total. The monoisotopic (exact) mass is 252 g/mol. The Labute approximate surface area is 107 Å². The highest BCUT2D eigenvalue weighted by atomic mass is 16.5. The number of amides is 1. The van der Waals surface area contributed by atoms with Crippen LogP contribution in [-0.2, 0) is 14.3 Å². The maximum atomic E-state index is 11.5. The van der Waals surface area contributed by atoms with Gasteiger partial charge in [0, 0.05) is 18.8 Å². The fourth-order valence-electron chi connectivity index (χ4n) is 1.37. The zero-order chi connectivity index (χ0) is 13.4. The lowest BCUT2D eigenvalue weighted by molar-refractivity contribution is -0.121. The number of carbonyl (C=O) groups is 1. The molecule has 0 aliphatic carbocycles. The van der Waals surface area contributed by atoms with Crippen LogP contribution in [0.1, 0.15) is 18.5 Å². The van der Waals surface area contributed by atoms with Gasteiger partial charge in [-0.1, -0.05) is 12.1 Å². The van der Waals surface area contributed by atoms with E-state index in [1.165, 1.54) is 0 Å². The number of nitrogens with one attached hydrogen (secondary N) is 1. The molecule has 0 spiro atoms. The van der Waals surface area contributed by atoms with E-state index in [0.29, 0.717) is 13.2 Å². The van der Waals surface area contributed by atoms with Gasteiger partial charge in [-0.2, -0.15) is 0 Å². The van der Waals surface area contributed by atoms with Crippen molar-refractivity contribution in [2.75, 3.05) is 32.2 Å². The standard InChI is InChI=1S/C13H20N2O3/c1-10(14)11-3-5-12(6-4-11)15-13(16)9-18-8-7-17-2/h3-6,10H,7-9,14H2,1-2H3,(H,15,16). The number of anilines is 1. The summed E-state index contributed by atoms with van der Waals surface area (Å²) < 4.78 is 9.92. The number of hydrogen-bond acceptors (Lipinski definition) is 4. The molecule has 5 heteroatoms. The van der Waals surface area contributed by atoms with Crippen molar-refractivity contribution in [2.45, 2.75) is 13.0 Å². The van der Waals surface area contributed by atoms with Crippen LogP contribution in [0.5, 0.6) is 0 Å². The molecule has 1 aromatic carbocycles. The third kappa shape index (κ3) is 5.27. The summed E-state index contributed by atoms with van der Waals surface area (Å²) in [5, 5.41) is 2.74. The summed E-state index contributed by atoms with van der Waals surface area (Å²) in [7, 11) is 1.59. The molecule has 0 heterocycles. The maximum absolute atomic E-state index is 11.5. The van der Waals surface area contributed by atoms with E-state index in [4.69, 9.17) is 15.2 Å². The fraction of sp³-hybridized carbons (Fsp3) is 0.462. The molecule has 1 atom stereocenters. The number of methoxy groups -OCH3 is 1. The Morgan fingerprint density at radius 1 is 1.33 bits per heavy atom. The molecule has 0 aliphatic heterocycles. The van der Waals surface area contributed by atoms with Gasteiger partial charge in [0.25, 0.3) is 0 Å². The third-order valence-electron chi connectivity index (χ3n) is 2.39. The average molecular weight is 252 g/mol. The van der Waals surface area contributed by atoms with Crippen LogP contribution in [-0.4, -0.2) is 32.8 Å². The highest BCUT2D eigenvalue weighted by Gasteiger charge is 2.03. The van der Waals surface area contributed by atoms with Gasteiger partial charge in [0.2, 0.25) is 5.91 Å². The molecule has 1 unspecified atom stereocenters. The molecule has 100 valence electrons. The summed E-state index contributed by atoms with van der Waals surface area (Å²) in [6, 6.07) is 7.43. The Kier molecular flexibility index (Phi) is 6.35. The smallest absolute Gasteiger partial charge is 0.250 e. The first-order chi connectivity index (χ1) is 8.63. The molecule has 3 N–H and O–H groups in total. The molecular weight excluding hydrogens is 232 g/mol. The van der Waals surface area contributed by atoms with Gasteiger partial charge in [0.15, 0.2) is 0 Å². The Morgan fingerprint density at radius 3 is 2.56 bits per heavy atom. The van der Waals surface area contributed by atoms with Crippen molar-refractivity contribution >= 4 is 11.6 Å². The van der Waals surface area contributed by atoms with Gasteiger partial charge in [0.1, 0.15) is 6.61 Å². The van der Waals surface area contributed by atoms with E-state index in [-0.39, 0.29) is 18.6 Å². The van der Waals surface area contributed by atoms with Gasteiger partial charge in [-0.15, -0.1) is 0 Å². The van der Waals surface area contributed by atoms with Crippen molar-refractivity contribution in [1.29, 1.82) is 0 Å². The molecule has 1 aromatic rings. The maximum Gasteiger partial charge on any atom is 0.250 e. The zero-order valence-electron chi connectivity index (χ0n) is 10.8. The molecule has 0 radical (unpaired) electrons. The van der Waals surface area contributed by atoms with Crippen molar-refractivity contribution in [1.82, 2.24) is 0 Å². The molecule has 0 saturated heterocycles. The number of benzene rings is 1. The number of hydrogen-bond donors (Lipinski definition) is 2. The van der Waals surface area contributed by atoms with Crippen LogP contribution < -0.4 is 11.1 Å². The number of nitrogens with two attached hydrogens (primary N) is 1. The summed E-state index contributed by atoms with van der Waals surface area (Å²) in [5.74, 6) is -0.181. The molecule has 0 bridgehead atoms. The third-order valence-corrected chi connectivity index (χ3v) is 2.39. The van der Waals surface area contributed by atoms with Crippen LogP contribution in [0.3, 0.4) is 0 Å². The normalized spacial score (nSPS) is 12.2. The van der Waals surface area contributed by atoms with Gasteiger partial charge in [-0.05, 0) is 24.6 Å². The van der Waals surface area contributed by atoms with Crippen LogP contribution in [0, 0.1) is 0 Å². The fourth-order valence-corrected chi connectivity index (χ4v) is 1.37. The van der Waals surface area contributed by atoms with Crippen molar-refractivity contribution in [3.05, 3.63) is 29.8 Å².